The minimum atomic E-state index is -3.65. The number of esters is 1. The van der Waals surface area contributed by atoms with Crippen LogP contribution in [0.3, 0.4) is 0 Å². The first kappa shape index (κ1) is 21.1. The number of hydrogen-bond donors (Lipinski definition) is 0. The summed E-state index contributed by atoms with van der Waals surface area (Å²) in [4.78, 5) is 26.1. The van der Waals surface area contributed by atoms with Crippen LogP contribution in [0.4, 0.5) is 0 Å². The van der Waals surface area contributed by atoms with E-state index in [0.29, 0.717) is 14.2 Å². The van der Waals surface area contributed by atoms with Gasteiger partial charge in [0.1, 0.15) is 4.88 Å². The van der Waals surface area contributed by atoms with E-state index in [1.54, 1.807) is 6.07 Å². The topological polar surface area (TPSA) is 84.0 Å². The van der Waals surface area contributed by atoms with Crippen molar-refractivity contribution in [3.05, 3.63) is 50.6 Å². The Kier molecular flexibility index (Phi) is 6.61. The van der Waals surface area contributed by atoms with Crippen molar-refractivity contribution in [1.29, 1.82) is 0 Å². The van der Waals surface area contributed by atoms with Gasteiger partial charge in [0.05, 0.1) is 9.23 Å². The summed E-state index contributed by atoms with van der Waals surface area (Å²) in [6.07, 6.45) is 0. The van der Waals surface area contributed by atoms with Crippen LogP contribution in [0, 0.1) is 0 Å². The Morgan fingerprint density at radius 1 is 1.00 bits per heavy atom. The number of amides is 1. The molecule has 1 aliphatic rings. The molecule has 0 saturated carbocycles. The Balaban J connectivity index is 1.52. The van der Waals surface area contributed by atoms with E-state index >= 15 is 0 Å². The molecule has 1 aliphatic heterocycles. The number of benzene rings is 1. The van der Waals surface area contributed by atoms with Crippen molar-refractivity contribution >= 4 is 56.4 Å². The zero-order valence-electron chi connectivity index (χ0n) is 14.5. The molecular formula is C17H16Cl2N2O5S2. The summed E-state index contributed by atoms with van der Waals surface area (Å²) in [5.41, 5.74) is 0. The van der Waals surface area contributed by atoms with Gasteiger partial charge in [0, 0.05) is 31.2 Å². The molecule has 2 aromatic rings. The third-order valence-electron chi connectivity index (χ3n) is 4.14. The van der Waals surface area contributed by atoms with E-state index in [4.69, 9.17) is 27.9 Å². The predicted molar refractivity (Wildman–Crippen MR) is 106 cm³/mol. The second kappa shape index (κ2) is 8.79. The van der Waals surface area contributed by atoms with Gasteiger partial charge in [-0.25, -0.2) is 13.2 Å². The maximum Gasteiger partial charge on any atom is 0.348 e. The second-order valence-electron chi connectivity index (χ2n) is 5.92. The highest BCUT2D eigenvalue weighted by molar-refractivity contribution is 7.89. The van der Waals surface area contributed by atoms with Crippen LogP contribution in [0.5, 0.6) is 0 Å². The lowest BCUT2D eigenvalue weighted by molar-refractivity contribution is -0.135. The fourth-order valence-electron chi connectivity index (χ4n) is 2.65. The molecule has 3 rings (SSSR count). The zero-order chi connectivity index (χ0) is 20.3. The lowest BCUT2D eigenvalue weighted by Gasteiger charge is -2.33. The van der Waals surface area contributed by atoms with Gasteiger partial charge in [-0.05, 0) is 36.4 Å². The zero-order valence-corrected chi connectivity index (χ0v) is 17.7. The van der Waals surface area contributed by atoms with Gasteiger partial charge in [-0.1, -0.05) is 23.2 Å². The summed E-state index contributed by atoms with van der Waals surface area (Å²) in [5, 5.41) is 0.453. The minimum Gasteiger partial charge on any atom is -0.451 e. The van der Waals surface area contributed by atoms with E-state index in [9.17, 15) is 18.0 Å². The lowest BCUT2D eigenvalue weighted by atomic mass is 10.3. The first-order valence-corrected chi connectivity index (χ1v) is 11.2. The third-order valence-corrected chi connectivity index (χ3v) is 7.52. The van der Waals surface area contributed by atoms with Crippen LogP contribution >= 0.6 is 34.5 Å². The van der Waals surface area contributed by atoms with Crippen molar-refractivity contribution in [1.82, 2.24) is 9.21 Å². The molecular weight excluding hydrogens is 447 g/mol. The van der Waals surface area contributed by atoms with Gasteiger partial charge in [-0.15, -0.1) is 11.3 Å². The quantitative estimate of drug-likeness (QED) is 0.637. The van der Waals surface area contributed by atoms with Gasteiger partial charge in [-0.3, -0.25) is 4.79 Å². The molecule has 150 valence electrons. The molecule has 7 nitrogen and oxygen atoms in total. The van der Waals surface area contributed by atoms with Crippen molar-refractivity contribution in [2.45, 2.75) is 4.90 Å². The van der Waals surface area contributed by atoms with Crippen LogP contribution in [0.15, 0.2) is 41.3 Å². The van der Waals surface area contributed by atoms with Gasteiger partial charge in [0.25, 0.3) is 5.91 Å². The number of carbonyl (C=O) groups is 2. The Morgan fingerprint density at radius 3 is 2.21 bits per heavy atom. The lowest BCUT2D eigenvalue weighted by Crippen LogP contribution is -2.51. The average Bonchev–Trinajstić information content (AvgIpc) is 3.13. The number of nitrogens with zero attached hydrogens (tertiary/aromatic N) is 2. The van der Waals surface area contributed by atoms with Gasteiger partial charge >= 0.3 is 5.97 Å². The highest BCUT2D eigenvalue weighted by Crippen LogP contribution is 2.22. The first-order chi connectivity index (χ1) is 13.3. The molecule has 11 heteroatoms. The number of piperazine rings is 1. The molecule has 1 aromatic heterocycles. The Labute approximate surface area is 176 Å². The van der Waals surface area contributed by atoms with E-state index in [1.165, 1.54) is 39.5 Å². The Bertz CT molecular complexity index is 968. The molecule has 2 heterocycles. The number of sulfonamides is 1. The van der Waals surface area contributed by atoms with Gasteiger partial charge < -0.3 is 9.64 Å². The van der Waals surface area contributed by atoms with E-state index in [0.717, 1.165) is 11.3 Å². The Morgan fingerprint density at radius 2 is 1.64 bits per heavy atom. The molecule has 0 bridgehead atoms. The average molecular weight is 463 g/mol. The number of carbonyl (C=O) groups excluding carboxylic acids is 2. The van der Waals surface area contributed by atoms with Crippen molar-refractivity contribution in [3.63, 3.8) is 0 Å². The monoisotopic (exact) mass is 462 g/mol. The predicted octanol–water partition coefficient (Wildman–Crippen LogP) is 2.74. The summed E-state index contributed by atoms with van der Waals surface area (Å²) >= 11 is 12.6. The first-order valence-electron chi connectivity index (χ1n) is 8.23. The minimum absolute atomic E-state index is 0.153. The van der Waals surface area contributed by atoms with Crippen molar-refractivity contribution < 1.29 is 22.7 Å². The molecule has 1 aromatic carbocycles. The molecule has 0 spiro atoms. The van der Waals surface area contributed by atoms with E-state index in [-0.39, 0.29) is 37.0 Å². The molecule has 0 N–H and O–H groups in total. The molecule has 0 unspecified atom stereocenters. The molecule has 1 fully saturated rings. The van der Waals surface area contributed by atoms with Crippen LogP contribution in [-0.2, 0) is 19.6 Å². The number of rotatable bonds is 5. The van der Waals surface area contributed by atoms with Crippen molar-refractivity contribution in [2.24, 2.45) is 0 Å². The van der Waals surface area contributed by atoms with Crippen LogP contribution in [0.25, 0.3) is 0 Å². The van der Waals surface area contributed by atoms with Gasteiger partial charge in [0.15, 0.2) is 6.61 Å². The molecule has 1 saturated heterocycles. The van der Waals surface area contributed by atoms with Gasteiger partial charge in [0.2, 0.25) is 10.0 Å². The molecule has 0 aliphatic carbocycles. The molecule has 28 heavy (non-hydrogen) atoms. The van der Waals surface area contributed by atoms with Crippen LogP contribution < -0.4 is 0 Å². The maximum absolute atomic E-state index is 12.6. The number of halogens is 2. The Hall–Kier alpha value is -1.65. The normalized spacial score (nSPS) is 15.4. The van der Waals surface area contributed by atoms with Crippen molar-refractivity contribution in [3.8, 4) is 0 Å². The van der Waals surface area contributed by atoms with E-state index in [2.05, 4.69) is 0 Å². The van der Waals surface area contributed by atoms with Crippen molar-refractivity contribution in [2.75, 3.05) is 32.8 Å². The maximum atomic E-state index is 12.6. The van der Waals surface area contributed by atoms with Crippen LogP contribution in [-0.4, -0.2) is 62.3 Å². The van der Waals surface area contributed by atoms with Gasteiger partial charge in [-0.2, -0.15) is 4.31 Å². The highest BCUT2D eigenvalue weighted by Gasteiger charge is 2.30. The summed E-state index contributed by atoms with van der Waals surface area (Å²) in [5.74, 6) is -0.992. The number of hydrogen-bond acceptors (Lipinski definition) is 6. The second-order valence-corrected chi connectivity index (χ2v) is 10.0. The molecule has 0 atom stereocenters. The summed E-state index contributed by atoms with van der Waals surface area (Å²) in [6, 6.07) is 9.04. The fourth-order valence-corrected chi connectivity index (χ4v) is 5.13. The SMILES string of the molecule is O=C(OCC(=O)N1CCN(S(=O)(=O)c2ccc(Cl)cc2)CC1)c1ccc(Cl)s1. The fraction of sp³-hybridized carbons (Fsp3) is 0.294. The standard InChI is InChI=1S/C17H16Cl2N2O5S2/c18-12-1-3-13(4-2-12)28(24,25)21-9-7-20(8-10-21)16(22)11-26-17(23)14-5-6-15(19)27-14/h1-6H,7-11H2. The smallest absolute Gasteiger partial charge is 0.348 e. The van der Waals surface area contributed by atoms with E-state index < -0.39 is 22.6 Å². The highest BCUT2D eigenvalue weighted by atomic mass is 35.5. The molecule has 0 radical (unpaired) electrons. The largest absolute Gasteiger partial charge is 0.451 e. The van der Waals surface area contributed by atoms with Crippen LogP contribution in [0.1, 0.15) is 9.67 Å². The van der Waals surface area contributed by atoms with E-state index in [1.807, 2.05) is 0 Å². The molecule has 1 amide bonds. The number of thiophene rings is 1. The summed E-state index contributed by atoms with van der Waals surface area (Å²) in [7, 11) is -3.65. The summed E-state index contributed by atoms with van der Waals surface area (Å²) < 4.78 is 32.1. The van der Waals surface area contributed by atoms with Crippen LogP contribution in [0.2, 0.25) is 9.36 Å². The third kappa shape index (κ3) is 4.84. The number of ether oxygens (including phenoxy) is 1. The summed E-state index contributed by atoms with van der Waals surface area (Å²) in [6.45, 7) is 0.344.